The van der Waals surface area contributed by atoms with E-state index in [4.69, 9.17) is 16.1 Å². The van der Waals surface area contributed by atoms with Crippen molar-refractivity contribution in [3.05, 3.63) is 58.6 Å². The summed E-state index contributed by atoms with van der Waals surface area (Å²) < 4.78 is 18.1. The molecule has 0 fully saturated rings. The van der Waals surface area contributed by atoms with E-state index in [0.717, 1.165) is 16.8 Å². The van der Waals surface area contributed by atoms with E-state index in [-0.39, 0.29) is 0 Å². The highest BCUT2D eigenvalue weighted by Gasteiger charge is 2.19. The largest absolute Gasteiger partial charge is 0.427 e. The van der Waals surface area contributed by atoms with Crippen molar-refractivity contribution in [2.45, 2.75) is 13.8 Å². The minimum Gasteiger partial charge on any atom is -0.427 e. The Morgan fingerprint density at radius 1 is 1.05 bits per heavy atom. The number of benzene rings is 2. The van der Waals surface area contributed by atoms with Gasteiger partial charge in [-0.3, -0.25) is 4.57 Å². The summed E-state index contributed by atoms with van der Waals surface area (Å²) in [5.41, 5.74) is 2.90. The molecule has 2 rings (SSSR count). The average Bonchev–Trinajstić information content (AvgIpc) is 2.36. The smallest absolute Gasteiger partial charge is 0.338 e. The number of hydrogen-bond acceptors (Lipinski definition) is 2. The van der Waals surface area contributed by atoms with E-state index in [0.29, 0.717) is 10.8 Å². The molecule has 0 saturated heterocycles. The standard InChI is InChI=1S/C15H17ClNO2P/c1-11-4-7-13(8-5-11)17-20(3,18)19-15-10-12(2)6-9-14(15)16/h4-10H,1-3H3,(H,17,18)/t20-/m0/s1. The van der Waals surface area contributed by atoms with Crippen LogP contribution in [0.15, 0.2) is 42.5 Å². The van der Waals surface area contributed by atoms with Crippen LogP contribution < -0.4 is 9.61 Å². The number of rotatable bonds is 4. The fourth-order valence-corrected chi connectivity index (χ4v) is 3.15. The van der Waals surface area contributed by atoms with Gasteiger partial charge in [-0.05, 0) is 43.7 Å². The van der Waals surface area contributed by atoms with Gasteiger partial charge in [0.15, 0.2) is 0 Å². The quantitative estimate of drug-likeness (QED) is 0.782. The summed E-state index contributed by atoms with van der Waals surface area (Å²) in [6.45, 7) is 5.46. The molecule has 0 aliphatic heterocycles. The number of anilines is 1. The Morgan fingerprint density at radius 3 is 2.30 bits per heavy atom. The van der Waals surface area contributed by atoms with E-state index in [2.05, 4.69) is 5.09 Å². The van der Waals surface area contributed by atoms with Crippen LogP contribution in [0.25, 0.3) is 0 Å². The van der Waals surface area contributed by atoms with Gasteiger partial charge in [0.25, 0.3) is 0 Å². The van der Waals surface area contributed by atoms with Crippen molar-refractivity contribution in [1.29, 1.82) is 0 Å². The molecule has 3 nitrogen and oxygen atoms in total. The molecule has 0 heterocycles. The zero-order valence-electron chi connectivity index (χ0n) is 11.7. The molecule has 0 amide bonds. The molecule has 20 heavy (non-hydrogen) atoms. The van der Waals surface area contributed by atoms with Gasteiger partial charge >= 0.3 is 7.52 Å². The number of nitrogens with one attached hydrogen (secondary N) is 1. The van der Waals surface area contributed by atoms with Crippen molar-refractivity contribution in [3.63, 3.8) is 0 Å². The second-order valence-electron chi connectivity index (χ2n) is 4.85. The van der Waals surface area contributed by atoms with Gasteiger partial charge in [0.05, 0.1) is 5.02 Å². The van der Waals surface area contributed by atoms with Crippen molar-refractivity contribution >= 4 is 24.8 Å². The third kappa shape index (κ3) is 4.03. The number of aryl methyl sites for hydroxylation is 2. The van der Waals surface area contributed by atoms with Crippen molar-refractivity contribution in [1.82, 2.24) is 0 Å². The SMILES string of the molecule is Cc1ccc(N[P@@](C)(=O)Oc2cc(C)ccc2Cl)cc1. The molecule has 0 aliphatic rings. The lowest BCUT2D eigenvalue weighted by Gasteiger charge is -2.18. The minimum absolute atomic E-state index is 0.428. The lowest BCUT2D eigenvalue weighted by atomic mass is 10.2. The van der Waals surface area contributed by atoms with Crippen LogP contribution in [0.1, 0.15) is 11.1 Å². The lowest BCUT2D eigenvalue weighted by molar-refractivity contribution is 0.493. The first-order chi connectivity index (χ1) is 9.35. The predicted molar refractivity (Wildman–Crippen MR) is 85.1 cm³/mol. The molecular weight excluding hydrogens is 293 g/mol. The molecule has 0 aliphatic carbocycles. The fraction of sp³-hybridized carbons (Fsp3) is 0.200. The molecule has 1 N–H and O–H groups in total. The predicted octanol–water partition coefficient (Wildman–Crippen LogP) is 5.27. The van der Waals surface area contributed by atoms with E-state index in [1.165, 1.54) is 6.66 Å². The molecule has 0 saturated carbocycles. The summed E-state index contributed by atoms with van der Waals surface area (Å²) >= 11 is 6.05. The Labute approximate surface area is 124 Å². The molecule has 0 spiro atoms. The topological polar surface area (TPSA) is 38.3 Å². The highest BCUT2D eigenvalue weighted by molar-refractivity contribution is 7.60. The maximum absolute atomic E-state index is 12.5. The van der Waals surface area contributed by atoms with E-state index < -0.39 is 7.52 Å². The van der Waals surface area contributed by atoms with Gasteiger partial charge in [-0.15, -0.1) is 0 Å². The zero-order chi connectivity index (χ0) is 14.8. The maximum atomic E-state index is 12.5. The molecular formula is C15H17ClNO2P. The molecule has 5 heteroatoms. The third-order valence-corrected chi connectivity index (χ3v) is 4.26. The zero-order valence-corrected chi connectivity index (χ0v) is 13.3. The molecule has 0 unspecified atom stereocenters. The monoisotopic (exact) mass is 309 g/mol. The highest BCUT2D eigenvalue weighted by Crippen LogP contribution is 2.45. The normalized spacial score (nSPS) is 13.6. The summed E-state index contributed by atoms with van der Waals surface area (Å²) in [7, 11) is -3.03. The lowest BCUT2D eigenvalue weighted by Crippen LogP contribution is -2.02. The van der Waals surface area contributed by atoms with Gasteiger partial charge < -0.3 is 9.61 Å². The highest BCUT2D eigenvalue weighted by atomic mass is 35.5. The van der Waals surface area contributed by atoms with Gasteiger partial charge in [-0.2, -0.15) is 0 Å². The number of halogens is 1. The van der Waals surface area contributed by atoms with E-state index in [9.17, 15) is 4.57 Å². The molecule has 1 atom stereocenters. The van der Waals surface area contributed by atoms with E-state index in [1.54, 1.807) is 12.1 Å². The summed E-state index contributed by atoms with van der Waals surface area (Å²) in [6, 6.07) is 13.0. The first kappa shape index (κ1) is 15.0. The molecule has 0 aromatic heterocycles. The van der Waals surface area contributed by atoms with Gasteiger partial charge in [0, 0.05) is 12.4 Å². The van der Waals surface area contributed by atoms with Crippen molar-refractivity contribution in [2.75, 3.05) is 11.8 Å². The van der Waals surface area contributed by atoms with Crippen LogP contribution in [0.4, 0.5) is 5.69 Å². The Kier molecular flexibility index (Phi) is 4.42. The molecule has 2 aromatic carbocycles. The van der Waals surface area contributed by atoms with Gasteiger partial charge in [0.2, 0.25) is 0 Å². The van der Waals surface area contributed by atoms with Crippen LogP contribution in [0.5, 0.6) is 5.75 Å². The second kappa shape index (κ2) is 5.90. The minimum atomic E-state index is -3.03. The van der Waals surface area contributed by atoms with Crippen LogP contribution in [0.3, 0.4) is 0 Å². The molecule has 0 radical (unpaired) electrons. The Balaban J connectivity index is 2.16. The van der Waals surface area contributed by atoms with Crippen molar-refractivity contribution in [3.8, 4) is 5.75 Å². The number of hydrogen-bond donors (Lipinski definition) is 1. The Morgan fingerprint density at radius 2 is 1.65 bits per heavy atom. The van der Waals surface area contributed by atoms with Crippen LogP contribution in [0, 0.1) is 13.8 Å². The van der Waals surface area contributed by atoms with Crippen LogP contribution in [0.2, 0.25) is 5.02 Å². The van der Waals surface area contributed by atoms with Crippen LogP contribution >= 0.6 is 19.1 Å². The summed E-state index contributed by atoms with van der Waals surface area (Å²) in [6.07, 6.45) is 0. The van der Waals surface area contributed by atoms with E-state index in [1.807, 2.05) is 44.2 Å². The summed E-state index contributed by atoms with van der Waals surface area (Å²) in [5.74, 6) is 0.428. The van der Waals surface area contributed by atoms with Gasteiger partial charge in [-0.1, -0.05) is 35.4 Å². The van der Waals surface area contributed by atoms with Gasteiger partial charge in [0.1, 0.15) is 5.75 Å². The average molecular weight is 310 g/mol. The van der Waals surface area contributed by atoms with Crippen LogP contribution in [-0.4, -0.2) is 6.66 Å². The Bertz CT molecular complexity index is 655. The van der Waals surface area contributed by atoms with Gasteiger partial charge in [-0.25, -0.2) is 0 Å². The summed E-state index contributed by atoms with van der Waals surface area (Å²) in [4.78, 5) is 0. The first-order valence-corrected chi connectivity index (χ1v) is 8.69. The second-order valence-corrected chi connectivity index (χ2v) is 7.35. The van der Waals surface area contributed by atoms with Crippen molar-refractivity contribution in [2.24, 2.45) is 0 Å². The Hall–Kier alpha value is -1.44. The van der Waals surface area contributed by atoms with E-state index >= 15 is 0 Å². The van der Waals surface area contributed by atoms with Crippen LogP contribution in [-0.2, 0) is 4.57 Å². The molecule has 0 bridgehead atoms. The first-order valence-electron chi connectivity index (χ1n) is 6.24. The summed E-state index contributed by atoms with van der Waals surface area (Å²) in [5, 5.41) is 3.36. The van der Waals surface area contributed by atoms with Crippen molar-refractivity contribution < 1.29 is 9.09 Å². The molecule has 2 aromatic rings. The third-order valence-electron chi connectivity index (χ3n) is 2.74. The maximum Gasteiger partial charge on any atom is 0.338 e. The fourth-order valence-electron chi connectivity index (χ4n) is 1.75. The molecule has 106 valence electrons.